The Balaban J connectivity index is 1.71. The largest absolute Gasteiger partial charge is 0.475 e. The van der Waals surface area contributed by atoms with E-state index >= 15 is 0 Å². The van der Waals surface area contributed by atoms with Gasteiger partial charge in [-0.3, -0.25) is 0 Å². The summed E-state index contributed by atoms with van der Waals surface area (Å²) in [6, 6.07) is 8.00. The maximum Gasteiger partial charge on any atom is 0.371 e. The van der Waals surface area contributed by atoms with Gasteiger partial charge in [-0.05, 0) is 48.4 Å². The van der Waals surface area contributed by atoms with Gasteiger partial charge in [0.05, 0.1) is 0 Å². The summed E-state index contributed by atoms with van der Waals surface area (Å²) < 4.78 is 5.27. The first-order chi connectivity index (χ1) is 10.0. The Morgan fingerprint density at radius 3 is 2.81 bits per heavy atom. The van der Waals surface area contributed by atoms with Gasteiger partial charge in [-0.25, -0.2) is 4.79 Å². The summed E-state index contributed by atoms with van der Waals surface area (Å²) in [6.07, 6.45) is 2.53. The Morgan fingerprint density at radius 2 is 2.14 bits per heavy atom. The molecule has 1 fully saturated rings. The lowest BCUT2D eigenvalue weighted by Crippen LogP contribution is -2.31. The fourth-order valence-electron chi connectivity index (χ4n) is 3.21. The molecule has 3 atom stereocenters. The van der Waals surface area contributed by atoms with Crippen molar-refractivity contribution in [3.63, 3.8) is 0 Å². The highest BCUT2D eigenvalue weighted by Crippen LogP contribution is 2.31. The van der Waals surface area contributed by atoms with E-state index in [9.17, 15) is 4.79 Å². The zero-order valence-corrected chi connectivity index (χ0v) is 12.4. The van der Waals surface area contributed by atoms with Gasteiger partial charge in [0.25, 0.3) is 0 Å². The van der Waals surface area contributed by atoms with E-state index in [1.165, 1.54) is 12.8 Å². The summed E-state index contributed by atoms with van der Waals surface area (Å²) in [5, 5.41) is 13.4. The van der Waals surface area contributed by atoms with Gasteiger partial charge in [0, 0.05) is 18.0 Å². The molecule has 0 amide bonds. The number of hydrogen-bond donors (Lipinski definition) is 2. The number of carboxylic acids is 1. The van der Waals surface area contributed by atoms with Crippen molar-refractivity contribution in [3.8, 4) is 0 Å². The number of benzene rings is 1. The van der Waals surface area contributed by atoms with Gasteiger partial charge in [0.1, 0.15) is 5.58 Å². The van der Waals surface area contributed by atoms with Gasteiger partial charge in [-0.2, -0.15) is 0 Å². The third-order valence-electron chi connectivity index (χ3n) is 4.83. The van der Waals surface area contributed by atoms with Gasteiger partial charge in [0.2, 0.25) is 5.76 Å². The van der Waals surface area contributed by atoms with Crippen LogP contribution < -0.4 is 5.32 Å². The molecule has 0 spiro atoms. The Labute approximate surface area is 124 Å². The number of furan rings is 1. The predicted octanol–water partition coefficient (Wildman–Crippen LogP) is 3.66. The predicted molar refractivity (Wildman–Crippen MR) is 81.4 cm³/mol. The van der Waals surface area contributed by atoms with Crippen molar-refractivity contribution in [3.05, 3.63) is 35.6 Å². The van der Waals surface area contributed by atoms with Crippen LogP contribution in [-0.2, 0) is 6.54 Å². The normalized spacial score (nSPS) is 25.5. The average Bonchev–Trinajstić information content (AvgIpc) is 3.02. The molecular weight excluding hydrogens is 266 g/mol. The Kier molecular flexibility index (Phi) is 3.72. The lowest BCUT2D eigenvalue weighted by molar-refractivity contribution is 0.0665. The molecule has 4 heteroatoms. The first-order valence-electron chi connectivity index (χ1n) is 7.54. The summed E-state index contributed by atoms with van der Waals surface area (Å²) in [4.78, 5) is 10.9. The quantitative estimate of drug-likeness (QED) is 0.901. The van der Waals surface area contributed by atoms with Gasteiger partial charge in [-0.15, -0.1) is 0 Å². The first kappa shape index (κ1) is 14.1. The minimum absolute atomic E-state index is 0.00616. The number of fused-ring (bicyclic) bond motifs is 1. The molecule has 4 nitrogen and oxygen atoms in total. The van der Waals surface area contributed by atoms with Crippen molar-refractivity contribution in [2.24, 2.45) is 11.8 Å². The minimum atomic E-state index is -1.03. The molecule has 3 rings (SSSR count). The maximum atomic E-state index is 10.9. The number of nitrogens with one attached hydrogen (secondary N) is 1. The number of aromatic carboxylic acids is 1. The highest BCUT2D eigenvalue weighted by Gasteiger charge is 2.28. The smallest absolute Gasteiger partial charge is 0.371 e. The van der Waals surface area contributed by atoms with E-state index in [2.05, 4.69) is 19.2 Å². The zero-order chi connectivity index (χ0) is 15.0. The molecule has 0 radical (unpaired) electrons. The highest BCUT2D eigenvalue weighted by molar-refractivity contribution is 5.91. The van der Waals surface area contributed by atoms with E-state index in [1.807, 2.05) is 18.2 Å². The molecule has 0 aliphatic heterocycles. The zero-order valence-electron chi connectivity index (χ0n) is 12.4. The van der Waals surface area contributed by atoms with Crippen molar-refractivity contribution in [1.82, 2.24) is 5.32 Å². The summed E-state index contributed by atoms with van der Waals surface area (Å²) >= 11 is 0. The standard InChI is InChI=1S/C17H21NO3/c1-10-3-5-14(11(10)2)18-9-12-4-6-15-13(7-12)8-16(21-15)17(19)20/h4,6-8,10-11,14,18H,3,5,9H2,1-2H3,(H,19,20). The molecule has 1 aromatic carbocycles. The summed E-state index contributed by atoms with van der Waals surface area (Å²) in [6.45, 7) is 5.44. The second-order valence-corrected chi connectivity index (χ2v) is 6.19. The minimum Gasteiger partial charge on any atom is -0.475 e. The second-order valence-electron chi connectivity index (χ2n) is 6.19. The lowest BCUT2D eigenvalue weighted by Gasteiger charge is -2.19. The van der Waals surface area contributed by atoms with Gasteiger partial charge in [-0.1, -0.05) is 19.9 Å². The van der Waals surface area contributed by atoms with Crippen LogP contribution in [0.1, 0.15) is 42.8 Å². The highest BCUT2D eigenvalue weighted by atomic mass is 16.4. The molecule has 0 bridgehead atoms. The summed E-state index contributed by atoms with van der Waals surface area (Å²) in [7, 11) is 0. The van der Waals surface area contributed by atoms with Gasteiger partial charge in [0.15, 0.2) is 0 Å². The van der Waals surface area contributed by atoms with E-state index < -0.39 is 5.97 Å². The topological polar surface area (TPSA) is 62.5 Å². The van der Waals surface area contributed by atoms with Crippen LogP contribution in [0.3, 0.4) is 0 Å². The molecule has 1 heterocycles. The van der Waals surface area contributed by atoms with Crippen molar-refractivity contribution >= 4 is 16.9 Å². The molecule has 1 aliphatic rings. The monoisotopic (exact) mass is 287 g/mol. The van der Waals surface area contributed by atoms with Gasteiger partial charge >= 0.3 is 5.97 Å². The van der Waals surface area contributed by atoms with Crippen LogP contribution in [0, 0.1) is 11.8 Å². The molecule has 112 valence electrons. The fourth-order valence-corrected chi connectivity index (χ4v) is 3.21. The number of hydrogen-bond acceptors (Lipinski definition) is 3. The second kappa shape index (κ2) is 5.53. The van der Waals surface area contributed by atoms with Crippen LogP contribution in [0.15, 0.2) is 28.7 Å². The van der Waals surface area contributed by atoms with E-state index in [4.69, 9.17) is 9.52 Å². The number of carboxylic acid groups (broad SMARTS) is 1. The molecule has 21 heavy (non-hydrogen) atoms. The number of carbonyl (C=O) groups is 1. The maximum absolute atomic E-state index is 10.9. The van der Waals surface area contributed by atoms with Crippen LogP contribution in [-0.4, -0.2) is 17.1 Å². The van der Waals surface area contributed by atoms with E-state index in [0.29, 0.717) is 17.5 Å². The Bertz CT molecular complexity index is 661. The molecule has 1 aromatic heterocycles. The van der Waals surface area contributed by atoms with Crippen LogP contribution >= 0.6 is 0 Å². The molecular formula is C17H21NO3. The average molecular weight is 287 g/mol. The molecule has 2 aromatic rings. The fraction of sp³-hybridized carbons (Fsp3) is 0.471. The van der Waals surface area contributed by atoms with Crippen molar-refractivity contribution in [2.45, 2.75) is 39.3 Å². The molecule has 0 saturated heterocycles. The number of rotatable bonds is 4. The van der Waals surface area contributed by atoms with Crippen LogP contribution in [0.2, 0.25) is 0 Å². The van der Waals surface area contributed by atoms with Crippen molar-refractivity contribution < 1.29 is 14.3 Å². The first-order valence-corrected chi connectivity index (χ1v) is 7.54. The molecule has 1 saturated carbocycles. The third kappa shape index (κ3) is 2.81. The van der Waals surface area contributed by atoms with Crippen LogP contribution in [0.5, 0.6) is 0 Å². The lowest BCUT2D eigenvalue weighted by atomic mass is 9.97. The van der Waals surface area contributed by atoms with E-state index in [0.717, 1.165) is 23.4 Å². The molecule has 3 unspecified atom stereocenters. The van der Waals surface area contributed by atoms with Crippen LogP contribution in [0.25, 0.3) is 11.0 Å². The SMILES string of the molecule is CC1CCC(NCc2ccc3oc(C(=O)O)cc3c2)C1C. The van der Waals surface area contributed by atoms with E-state index in [1.54, 1.807) is 6.07 Å². The third-order valence-corrected chi connectivity index (χ3v) is 4.83. The van der Waals surface area contributed by atoms with Crippen molar-refractivity contribution in [2.75, 3.05) is 0 Å². The molecule has 2 N–H and O–H groups in total. The van der Waals surface area contributed by atoms with E-state index in [-0.39, 0.29) is 5.76 Å². The van der Waals surface area contributed by atoms with Gasteiger partial charge < -0.3 is 14.8 Å². The molecule has 1 aliphatic carbocycles. The summed E-state index contributed by atoms with van der Waals surface area (Å²) in [5.41, 5.74) is 1.78. The Hall–Kier alpha value is -1.81. The van der Waals surface area contributed by atoms with Crippen LogP contribution in [0.4, 0.5) is 0 Å². The summed E-state index contributed by atoms with van der Waals surface area (Å²) in [5.74, 6) is 0.464. The van der Waals surface area contributed by atoms with Crippen molar-refractivity contribution in [1.29, 1.82) is 0 Å². The Morgan fingerprint density at radius 1 is 1.33 bits per heavy atom.